The molecule has 114 valence electrons. The first-order valence-electron chi connectivity index (χ1n) is 7.62. The molecule has 0 amide bonds. The summed E-state index contributed by atoms with van der Waals surface area (Å²) in [6.45, 7) is 16.7. The van der Waals surface area contributed by atoms with Gasteiger partial charge in [-0.15, -0.1) is 0 Å². The van der Waals surface area contributed by atoms with Gasteiger partial charge in [0.2, 0.25) is 0 Å². The van der Waals surface area contributed by atoms with Crippen LogP contribution in [0.1, 0.15) is 19.3 Å². The lowest BCUT2D eigenvalue weighted by atomic mass is 9.97. The molecular weight excluding hydrogens is 381 g/mol. The molecule has 1 aliphatic rings. The Morgan fingerprint density at radius 3 is 2.32 bits per heavy atom. The van der Waals surface area contributed by atoms with Crippen molar-refractivity contribution in [3.05, 3.63) is 0 Å². The highest BCUT2D eigenvalue weighted by Crippen LogP contribution is 2.31. The van der Waals surface area contributed by atoms with Gasteiger partial charge in [-0.1, -0.05) is 42.2 Å². The normalized spacial score (nSPS) is 23.8. The molecule has 2 nitrogen and oxygen atoms in total. The largest absolute Gasteiger partial charge is 0.417 e. The smallest absolute Gasteiger partial charge is 0.183 e. The van der Waals surface area contributed by atoms with E-state index in [0.29, 0.717) is 0 Å². The van der Waals surface area contributed by atoms with Crippen LogP contribution in [0.5, 0.6) is 0 Å². The Hall–Kier alpha value is 1.08. The standard InChI is InChI=1S/C14H32INOSi2/c1-18(2,3)16-11-7-8-14(16)13(9-10-15)12-17-19(4,5)6/h13-14H,7-12H2,1-6H3/t13-,14+/m1/s1. The molecule has 0 spiro atoms. The minimum Gasteiger partial charge on any atom is -0.417 e. The lowest BCUT2D eigenvalue weighted by molar-refractivity contribution is 0.174. The minimum atomic E-state index is -1.38. The van der Waals surface area contributed by atoms with Crippen LogP contribution >= 0.6 is 22.6 Å². The molecule has 19 heavy (non-hydrogen) atoms. The molecule has 1 heterocycles. The molecular formula is C14H32INOSi2. The van der Waals surface area contributed by atoms with Crippen molar-refractivity contribution in [2.75, 3.05) is 17.6 Å². The van der Waals surface area contributed by atoms with Crippen molar-refractivity contribution in [1.82, 2.24) is 4.57 Å². The fraction of sp³-hybridized carbons (Fsp3) is 1.00. The Bertz CT molecular complexity index is 276. The topological polar surface area (TPSA) is 12.5 Å². The maximum absolute atomic E-state index is 6.24. The Morgan fingerprint density at radius 1 is 1.21 bits per heavy atom. The Morgan fingerprint density at radius 2 is 1.84 bits per heavy atom. The Labute approximate surface area is 136 Å². The van der Waals surface area contributed by atoms with Crippen LogP contribution in [0.3, 0.4) is 0 Å². The highest BCUT2D eigenvalue weighted by atomic mass is 127. The molecule has 1 saturated heterocycles. The van der Waals surface area contributed by atoms with Crippen molar-refractivity contribution >= 4 is 39.1 Å². The van der Waals surface area contributed by atoms with Crippen LogP contribution in [0.4, 0.5) is 0 Å². The lowest BCUT2D eigenvalue weighted by Gasteiger charge is -2.40. The first-order chi connectivity index (χ1) is 8.65. The highest BCUT2D eigenvalue weighted by molar-refractivity contribution is 14.1. The maximum atomic E-state index is 6.24. The number of hydrogen-bond acceptors (Lipinski definition) is 2. The molecule has 0 aromatic rings. The summed E-state index contributed by atoms with van der Waals surface area (Å²) >= 11 is 2.53. The molecule has 0 bridgehead atoms. The van der Waals surface area contributed by atoms with E-state index >= 15 is 0 Å². The van der Waals surface area contributed by atoms with Gasteiger partial charge in [-0.05, 0) is 55.8 Å². The predicted molar refractivity (Wildman–Crippen MR) is 99.4 cm³/mol. The van der Waals surface area contributed by atoms with Gasteiger partial charge < -0.3 is 8.99 Å². The zero-order valence-electron chi connectivity index (χ0n) is 13.6. The molecule has 0 saturated carbocycles. The van der Waals surface area contributed by atoms with E-state index in [2.05, 4.69) is 66.4 Å². The van der Waals surface area contributed by atoms with Crippen LogP contribution in [0.15, 0.2) is 0 Å². The van der Waals surface area contributed by atoms with E-state index in [1.54, 1.807) is 0 Å². The van der Waals surface area contributed by atoms with E-state index in [1.165, 1.54) is 30.2 Å². The number of nitrogens with zero attached hydrogens (tertiary/aromatic N) is 1. The van der Waals surface area contributed by atoms with E-state index < -0.39 is 16.6 Å². The Kier molecular flexibility index (Phi) is 7.04. The van der Waals surface area contributed by atoms with Gasteiger partial charge in [-0.3, -0.25) is 0 Å². The van der Waals surface area contributed by atoms with Gasteiger partial charge in [0.25, 0.3) is 0 Å². The SMILES string of the molecule is C[Si](C)(C)OC[C@@H](CCI)[C@@H]1CCCN1[Si](C)(C)C. The van der Waals surface area contributed by atoms with Gasteiger partial charge in [0.1, 0.15) is 8.24 Å². The second-order valence-electron chi connectivity index (χ2n) is 7.73. The first-order valence-corrected chi connectivity index (χ1v) is 16.0. The minimum absolute atomic E-state index is 0.748. The van der Waals surface area contributed by atoms with Crippen LogP contribution in [-0.4, -0.2) is 44.7 Å². The summed E-state index contributed by atoms with van der Waals surface area (Å²) in [5, 5.41) is 0. The summed E-state index contributed by atoms with van der Waals surface area (Å²) in [5.41, 5.74) is 0. The van der Waals surface area contributed by atoms with Crippen LogP contribution in [0.25, 0.3) is 0 Å². The third-order valence-corrected chi connectivity index (χ3v) is 7.85. The van der Waals surface area contributed by atoms with Gasteiger partial charge in [0, 0.05) is 12.6 Å². The molecule has 2 atom stereocenters. The van der Waals surface area contributed by atoms with Crippen LogP contribution in [0, 0.1) is 5.92 Å². The fourth-order valence-corrected chi connectivity index (χ4v) is 6.68. The van der Waals surface area contributed by atoms with Crippen LogP contribution in [0.2, 0.25) is 39.3 Å². The average Bonchev–Trinajstić information content (AvgIpc) is 2.71. The predicted octanol–water partition coefficient (Wildman–Crippen LogP) is 4.58. The monoisotopic (exact) mass is 413 g/mol. The number of rotatable bonds is 7. The zero-order chi connectivity index (χ0) is 14.7. The van der Waals surface area contributed by atoms with Crippen LogP contribution < -0.4 is 0 Å². The molecule has 0 unspecified atom stereocenters. The van der Waals surface area contributed by atoms with Gasteiger partial charge >= 0.3 is 0 Å². The van der Waals surface area contributed by atoms with Crippen molar-refractivity contribution in [2.45, 2.75) is 64.6 Å². The van der Waals surface area contributed by atoms with E-state index in [4.69, 9.17) is 4.43 Å². The van der Waals surface area contributed by atoms with Crippen molar-refractivity contribution in [3.63, 3.8) is 0 Å². The van der Waals surface area contributed by atoms with Crippen LogP contribution in [-0.2, 0) is 4.43 Å². The summed E-state index contributed by atoms with van der Waals surface area (Å²) in [7, 11) is -2.54. The third kappa shape index (κ3) is 6.15. The van der Waals surface area contributed by atoms with E-state index in [-0.39, 0.29) is 0 Å². The summed E-state index contributed by atoms with van der Waals surface area (Å²) < 4.78 is 10.4. The number of hydrogen-bond donors (Lipinski definition) is 0. The molecule has 1 rings (SSSR count). The molecule has 0 aromatic carbocycles. The third-order valence-electron chi connectivity index (χ3n) is 3.92. The average molecular weight is 413 g/mol. The highest BCUT2D eigenvalue weighted by Gasteiger charge is 2.38. The lowest BCUT2D eigenvalue weighted by Crippen LogP contribution is -2.52. The second kappa shape index (κ2) is 7.38. The van der Waals surface area contributed by atoms with E-state index in [0.717, 1.165) is 18.6 Å². The summed E-state index contributed by atoms with van der Waals surface area (Å²) in [6.07, 6.45) is 4.09. The summed E-state index contributed by atoms with van der Waals surface area (Å²) in [6, 6.07) is 0.790. The molecule has 0 radical (unpaired) electrons. The molecule has 0 aromatic heterocycles. The fourth-order valence-electron chi connectivity index (χ4n) is 3.00. The quantitative estimate of drug-likeness (QED) is 0.344. The van der Waals surface area contributed by atoms with E-state index in [1.807, 2.05) is 0 Å². The Balaban J connectivity index is 2.69. The zero-order valence-corrected chi connectivity index (χ0v) is 17.8. The molecule has 5 heteroatoms. The number of alkyl halides is 1. The van der Waals surface area contributed by atoms with E-state index in [9.17, 15) is 0 Å². The molecule has 1 fully saturated rings. The van der Waals surface area contributed by atoms with Gasteiger partial charge in [0.05, 0.1) is 0 Å². The van der Waals surface area contributed by atoms with Gasteiger partial charge in [-0.25, -0.2) is 0 Å². The van der Waals surface area contributed by atoms with Crippen molar-refractivity contribution in [1.29, 1.82) is 0 Å². The molecule has 1 aliphatic heterocycles. The maximum Gasteiger partial charge on any atom is 0.183 e. The van der Waals surface area contributed by atoms with Gasteiger partial charge in [-0.2, -0.15) is 0 Å². The summed E-state index contributed by atoms with van der Waals surface area (Å²) in [5.74, 6) is 0.748. The summed E-state index contributed by atoms with van der Waals surface area (Å²) in [4.78, 5) is 0. The first kappa shape index (κ1) is 18.1. The van der Waals surface area contributed by atoms with Crippen molar-refractivity contribution < 1.29 is 4.43 Å². The molecule has 0 N–H and O–H groups in total. The second-order valence-corrected chi connectivity index (χ2v) is 18.2. The molecule has 0 aliphatic carbocycles. The van der Waals surface area contributed by atoms with Gasteiger partial charge in [0.15, 0.2) is 8.32 Å². The number of halogens is 1. The van der Waals surface area contributed by atoms with Crippen molar-refractivity contribution in [2.24, 2.45) is 5.92 Å². The van der Waals surface area contributed by atoms with Crippen molar-refractivity contribution in [3.8, 4) is 0 Å².